The van der Waals surface area contributed by atoms with Crippen LogP contribution in [-0.2, 0) is 4.74 Å². The third-order valence-electron chi connectivity index (χ3n) is 3.40. The fraction of sp³-hybridized carbons (Fsp3) is 0.556. The molecule has 0 heterocycles. The van der Waals surface area contributed by atoms with E-state index in [1.165, 1.54) is 7.11 Å². The van der Waals surface area contributed by atoms with E-state index in [1.807, 2.05) is 13.8 Å². The van der Waals surface area contributed by atoms with Gasteiger partial charge in [0, 0.05) is 11.6 Å². The first-order valence-corrected chi connectivity index (χ1v) is 8.52. The molecule has 0 aliphatic rings. The number of carbonyl (C=O) groups excluding carboxylic acids is 2. The van der Waals surface area contributed by atoms with Crippen molar-refractivity contribution in [3.8, 4) is 5.75 Å². The molecule has 0 bridgehead atoms. The van der Waals surface area contributed by atoms with Gasteiger partial charge >= 0.3 is 6.09 Å². The lowest BCUT2D eigenvalue weighted by Crippen LogP contribution is -2.48. The van der Waals surface area contributed by atoms with Crippen LogP contribution >= 0.6 is 11.6 Å². The summed E-state index contributed by atoms with van der Waals surface area (Å²) in [5, 5.41) is 6.09. The molecule has 0 fully saturated rings. The van der Waals surface area contributed by atoms with Gasteiger partial charge < -0.3 is 20.1 Å². The van der Waals surface area contributed by atoms with Gasteiger partial charge in [-0.3, -0.25) is 4.79 Å². The Bertz CT molecular complexity index is 612. The van der Waals surface area contributed by atoms with Crippen molar-refractivity contribution < 1.29 is 19.1 Å². The molecule has 0 aromatic heterocycles. The highest BCUT2D eigenvalue weighted by Gasteiger charge is 2.22. The highest BCUT2D eigenvalue weighted by molar-refractivity contribution is 6.30. The number of methoxy groups -OCH3 is 1. The number of ether oxygens (including phenoxy) is 2. The van der Waals surface area contributed by atoms with Crippen LogP contribution in [-0.4, -0.2) is 37.3 Å². The van der Waals surface area contributed by atoms with E-state index in [1.54, 1.807) is 39.0 Å². The van der Waals surface area contributed by atoms with E-state index in [4.69, 9.17) is 21.1 Å². The second kappa shape index (κ2) is 8.94. The standard InChI is InChI=1S/C18H27ClN2O4/c1-11(2)14(21-17(23)25-18(3,4)5)10-20-16(22)13-8-7-12(19)9-15(13)24-6/h7-9,11,14H,10H2,1-6H3,(H,20,22)(H,21,23). The molecule has 0 radical (unpaired) electrons. The van der Waals surface area contributed by atoms with Gasteiger partial charge in [0.05, 0.1) is 18.7 Å². The zero-order valence-corrected chi connectivity index (χ0v) is 16.4. The molecule has 0 aliphatic carbocycles. The summed E-state index contributed by atoms with van der Waals surface area (Å²) in [5.74, 6) is 0.205. The monoisotopic (exact) mass is 370 g/mol. The molecular formula is C18H27ClN2O4. The minimum absolute atomic E-state index is 0.111. The lowest BCUT2D eigenvalue weighted by molar-refractivity contribution is 0.0487. The Balaban J connectivity index is 2.71. The lowest BCUT2D eigenvalue weighted by Gasteiger charge is -2.26. The molecule has 0 saturated carbocycles. The summed E-state index contributed by atoms with van der Waals surface area (Å²) in [5.41, 5.74) is -0.197. The quantitative estimate of drug-likeness (QED) is 0.801. The minimum atomic E-state index is -0.578. The van der Waals surface area contributed by atoms with Gasteiger partial charge in [0.25, 0.3) is 5.91 Å². The summed E-state index contributed by atoms with van der Waals surface area (Å²) in [6.07, 6.45) is -0.510. The van der Waals surface area contributed by atoms with Crippen molar-refractivity contribution in [1.82, 2.24) is 10.6 Å². The second-order valence-corrected chi connectivity index (χ2v) is 7.49. The number of alkyl carbamates (subject to hydrolysis) is 1. The number of rotatable bonds is 6. The molecule has 7 heteroatoms. The number of hydrogen-bond acceptors (Lipinski definition) is 4. The molecule has 1 aromatic carbocycles. The van der Waals surface area contributed by atoms with Gasteiger partial charge in [-0.25, -0.2) is 4.79 Å². The Kier molecular flexibility index (Phi) is 7.55. The van der Waals surface area contributed by atoms with Crippen LogP contribution < -0.4 is 15.4 Å². The lowest BCUT2D eigenvalue weighted by atomic mass is 10.0. The zero-order valence-electron chi connectivity index (χ0n) is 15.6. The third-order valence-corrected chi connectivity index (χ3v) is 3.63. The zero-order chi connectivity index (χ0) is 19.2. The van der Waals surface area contributed by atoms with Crippen molar-refractivity contribution in [2.45, 2.75) is 46.3 Å². The summed E-state index contributed by atoms with van der Waals surface area (Å²) in [6.45, 7) is 9.57. The first kappa shape index (κ1) is 21.1. The smallest absolute Gasteiger partial charge is 0.407 e. The largest absolute Gasteiger partial charge is 0.496 e. The predicted molar refractivity (Wildman–Crippen MR) is 98.3 cm³/mol. The van der Waals surface area contributed by atoms with E-state index < -0.39 is 11.7 Å². The number of benzene rings is 1. The molecule has 0 aliphatic heterocycles. The molecule has 140 valence electrons. The van der Waals surface area contributed by atoms with Gasteiger partial charge in [0.1, 0.15) is 11.4 Å². The SMILES string of the molecule is COc1cc(Cl)ccc1C(=O)NCC(NC(=O)OC(C)(C)C)C(C)C. The average molecular weight is 371 g/mol. The molecule has 2 N–H and O–H groups in total. The van der Waals surface area contributed by atoms with Gasteiger partial charge in [-0.2, -0.15) is 0 Å². The van der Waals surface area contributed by atoms with Crippen LogP contribution in [0.25, 0.3) is 0 Å². The van der Waals surface area contributed by atoms with Crippen LogP contribution in [0.1, 0.15) is 45.0 Å². The van der Waals surface area contributed by atoms with Crippen molar-refractivity contribution in [1.29, 1.82) is 0 Å². The molecule has 2 amide bonds. The first-order valence-electron chi connectivity index (χ1n) is 8.14. The van der Waals surface area contributed by atoms with Crippen LogP contribution in [0, 0.1) is 5.92 Å². The van der Waals surface area contributed by atoms with Crippen LogP contribution in [0.5, 0.6) is 5.75 Å². The van der Waals surface area contributed by atoms with E-state index in [-0.39, 0.29) is 24.4 Å². The van der Waals surface area contributed by atoms with Crippen molar-refractivity contribution >= 4 is 23.6 Å². The fourth-order valence-corrected chi connectivity index (χ4v) is 2.22. The maximum atomic E-state index is 12.4. The number of hydrogen-bond donors (Lipinski definition) is 2. The van der Waals surface area contributed by atoms with Gasteiger partial charge in [0.2, 0.25) is 0 Å². The van der Waals surface area contributed by atoms with Crippen molar-refractivity contribution in [2.24, 2.45) is 5.92 Å². The second-order valence-electron chi connectivity index (χ2n) is 7.05. The van der Waals surface area contributed by atoms with Gasteiger partial charge in [0.15, 0.2) is 0 Å². The van der Waals surface area contributed by atoms with Crippen LogP contribution in [0.15, 0.2) is 18.2 Å². The number of carbonyl (C=O) groups is 2. The van der Waals surface area contributed by atoms with Gasteiger partial charge in [-0.1, -0.05) is 25.4 Å². The molecule has 25 heavy (non-hydrogen) atoms. The highest BCUT2D eigenvalue weighted by atomic mass is 35.5. The molecule has 1 atom stereocenters. The van der Waals surface area contributed by atoms with E-state index >= 15 is 0 Å². The first-order chi connectivity index (χ1) is 11.5. The Morgan fingerprint density at radius 2 is 1.88 bits per heavy atom. The van der Waals surface area contributed by atoms with E-state index in [2.05, 4.69) is 10.6 Å². The average Bonchev–Trinajstić information content (AvgIpc) is 2.48. The van der Waals surface area contributed by atoms with Crippen molar-refractivity contribution in [3.05, 3.63) is 28.8 Å². The third kappa shape index (κ3) is 7.22. The Labute approximate surface area is 154 Å². The van der Waals surface area contributed by atoms with E-state index in [0.29, 0.717) is 16.3 Å². The topological polar surface area (TPSA) is 76.7 Å². The molecule has 6 nitrogen and oxygen atoms in total. The Morgan fingerprint density at radius 1 is 1.24 bits per heavy atom. The van der Waals surface area contributed by atoms with Crippen LogP contribution in [0.3, 0.4) is 0 Å². The minimum Gasteiger partial charge on any atom is -0.496 e. The molecular weight excluding hydrogens is 344 g/mol. The van der Waals surface area contributed by atoms with Crippen molar-refractivity contribution in [2.75, 3.05) is 13.7 Å². The van der Waals surface area contributed by atoms with Crippen LogP contribution in [0.4, 0.5) is 4.79 Å². The maximum absolute atomic E-state index is 12.4. The maximum Gasteiger partial charge on any atom is 0.407 e. The van der Waals surface area contributed by atoms with E-state index in [9.17, 15) is 9.59 Å². The molecule has 1 aromatic rings. The predicted octanol–water partition coefficient (Wildman–Crippen LogP) is 3.63. The summed E-state index contributed by atoms with van der Waals surface area (Å²) in [7, 11) is 1.48. The normalized spacial score (nSPS) is 12.5. The number of nitrogens with one attached hydrogen (secondary N) is 2. The van der Waals surface area contributed by atoms with E-state index in [0.717, 1.165) is 0 Å². The summed E-state index contributed by atoms with van der Waals surface area (Å²) >= 11 is 5.91. The molecule has 0 spiro atoms. The summed E-state index contributed by atoms with van der Waals surface area (Å²) < 4.78 is 10.4. The van der Waals surface area contributed by atoms with Crippen molar-refractivity contribution in [3.63, 3.8) is 0 Å². The summed E-state index contributed by atoms with van der Waals surface area (Å²) in [6, 6.07) is 4.53. The van der Waals surface area contributed by atoms with Crippen LogP contribution in [0.2, 0.25) is 5.02 Å². The number of amides is 2. The Morgan fingerprint density at radius 3 is 2.40 bits per heavy atom. The fourth-order valence-electron chi connectivity index (χ4n) is 2.06. The van der Waals surface area contributed by atoms with Gasteiger partial charge in [-0.15, -0.1) is 0 Å². The highest BCUT2D eigenvalue weighted by Crippen LogP contribution is 2.23. The number of halogens is 1. The Hall–Kier alpha value is -1.95. The molecule has 1 unspecified atom stereocenters. The molecule has 1 rings (SSSR count). The summed E-state index contributed by atoms with van der Waals surface area (Å²) in [4.78, 5) is 24.3. The molecule has 0 saturated heterocycles. The van der Waals surface area contributed by atoms with Gasteiger partial charge in [-0.05, 0) is 44.9 Å².